The molecule has 2 fully saturated rings. The molecule has 1 N–H and O–H groups in total. The van der Waals surface area contributed by atoms with Gasteiger partial charge in [-0.05, 0) is 28.0 Å². The van der Waals surface area contributed by atoms with Crippen LogP contribution in [-0.4, -0.2) is 65.3 Å². The predicted molar refractivity (Wildman–Crippen MR) is 126 cm³/mol. The number of nitrogens with one attached hydrogen (secondary N) is 1. The molecule has 0 spiro atoms. The maximum Gasteiger partial charge on any atom is 0.324 e. The van der Waals surface area contributed by atoms with Crippen LogP contribution in [0, 0.1) is 0 Å². The van der Waals surface area contributed by atoms with Crippen molar-refractivity contribution in [3.63, 3.8) is 0 Å². The number of amides is 4. The molecule has 2 saturated heterocycles. The largest absolute Gasteiger partial charge is 0.336 e. The van der Waals surface area contributed by atoms with Crippen molar-refractivity contribution in [2.75, 3.05) is 32.7 Å². The molecule has 7 heteroatoms. The van der Waals surface area contributed by atoms with Gasteiger partial charge in [0.1, 0.15) is 0 Å². The zero-order chi connectivity index (χ0) is 22.8. The number of carbonyl (C=O) groups is 3. The lowest BCUT2D eigenvalue weighted by Gasteiger charge is -2.35. The molecule has 3 aromatic carbocycles. The van der Waals surface area contributed by atoms with Crippen LogP contribution in [0.3, 0.4) is 0 Å². The van der Waals surface area contributed by atoms with Crippen molar-refractivity contribution in [3.8, 4) is 0 Å². The minimum atomic E-state index is -0.413. The average molecular weight is 443 g/mol. The minimum Gasteiger partial charge on any atom is -0.336 e. The normalized spacial score (nSPS) is 17.0. The van der Waals surface area contributed by atoms with E-state index in [1.807, 2.05) is 23.1 Å². The van der Waals surface area contributed by atoms with Crippen molar-refractivity contribution >= 4 is 28.6 Å². The Labute approximate surface area is 192 Å². The zero-order valence-corrected chi connectivity index (χ0v) is 18.4. The summed E-state index contributed by atoms with van der Waals surface area (Å²) in [5, 5.41) is 5.04. The van der Waals surface area contributed by atoms with Crippen LogP contribution in [0.4, 0.5) is 4.79 Å². The Balaban J connectivity index is 1.25. The SMILES string of the molecule is O=C(c1ccccc1CN1C(=O)CNC1=O)N1CCN(Cc2cccc3ccccc23)CC1. The molecule has 0 unspecified atom stereocenters. The fourth-order valence-corrected chi connectivity index (χ4v) is 4.60. The molecule has 4 amide bonds. The summed E-state index contributed by atoms with van der Waals surface area (Å²) in [5.41, 5.74) is 2.53. The molecule has 33 heavy (non-hydrogen) atoms. The zero-order valence-electron chi connectivity index (χ0n) is 18.4. The maximum absolute atomic E-state index is 13.3. The third kappa shape index (κ3) is 4.32. The first-order valence-corrected chi connectivity index (χ1v) is 11.2. The summed E-state index contributed by atoms with van der Waals surface area (Å²) >= 11 is 0. The van der Waals surface area contributed by atoms with Crippen molar-refractivity contribution in [1.82, 2.24) is 20.0 Å². The van der Waals surface area contributed by atoms with Gasteiger partial charge in [-0.1, -0.05) is 60.7 Å². The van der Waals surface area contributed by atoms with E-state index in [1.165, 1.54) is 16.3 Å². The third-order valence-electron chi connectivity index (χ3n) is 6.45. The highest BCUT2D eigenvalue weighted by Crippen LogP contribution is 2.22. The van der Waals surface area contributed by atoms with Gasteiger partial charge in [0, 0.05) is 38.3 Å². The van der Waals surface area contributed by atoms with Gasteiger partial charge in [-0.3, -0.25) is 19.4 Å². The van der Waals surface area contributed by atoms with Crippen molar-refractivity contribution in [2.24, 2.45) is 0 Å². The number of benzene rings is 3. The molecule has 7 nitrogen and oxygen atoms in total. The molecular formula is C26H26N4O3. The van der Waals surface area contributed by atoms with Crippen LogP contribution in [0.5, 0.6) is 0 Å². The second-order valence-electron chi connectivity index (χ2n) is 8.50. The van der Waals surface area contributed by atoms with Crippen LogP contribution in [0.15, 0.2) is 66.7 Å². The summed E-state index contributed by atoms with van der Waals surface area (Å²) in [5.74, 6) is -0.327. The van der Waals surface area contributed by atoms with Crippen molar-refractivity contribution in [3.05, 3.63) is 83.4 Å². The van der Waals surface area contributed by atoms with E-state index in [0.717, 1.165) is 24.5 Å². The summed E-state index contributed by atoms with van der Waals surface area (Å²) < 4.78 is 0. The second kappa shape index (κ2) is 9.03. The number of fused-ring (bicyclic) bond motifs is 1. The van der Waals surface area contributed by atoms with Crippen LogP contribution in [-0.2, 0) is 17.9 Å². The smallest absolute Gasteiger partial charge is 0.324 e. The number of nitrogens with zero attached hydrogens (tertiary/aromatic N) is 3. The van der Waals surface area contributed by atoms with Gasteiger partial charge in [-0.25, -0.2) is 4.79 Å². The highest BCUT2D eigenvalue weighted by molar-refractivity contribution is 6.02. The Kier molecular flexibility index (Phi) is 5.79. The average Bonchev–Trinajstić information content (AvgIpc) is 3.17. The number of hydrogen-bond donors (Lipinski definition) is 1. The van der Waals surface area contributed by atoms with Crippen LogP contribution in [0.2, 0.25) is 0 Å². The number of piperazine rings is 1. The Morgan fingerprint density at radius 1 is 0.788 bits per heavy atom. The number of rotatable bonds is 5. The summed E-state index contributed by atoms with van der Waals surface area (Å²) in [4.78, 5) is 42.6. The molecule has 168 valence electrons. The summed E-state index contributed by atoms with van der Waals surface area (Å²) in [6.07, 6.45) is 0. The Morgan fingerprint density at radius 2 is 1.48 bits per heavy atom. The van der Waals surface area contributed by atoms with Gasteiger partial charge in [0.05, 0.1) is 13.1 Å². The van der Waals surface area contributed by atoms with Crippen LogP contribution < -0.4 is 5.32 Å². The molecule has 5 rings (SSSR count). The molecule has 0 bridgehead atoms. The van der Waals surface area contributed by atoms with Gasteiger partial charge >= 0.3 is 6.03 Å². The maximum atomic E-state index is 13.3. The molecule has 3 aromatic rings. The fourth-order valence-electron chi connectivity index (χ4n) is 4.60. The van der Waals surface area contributed by atoms with E-state index in [-0.39, 0.29) is 24.9 Å². The Morgan fingerprint density at radius 3 is 2.27 bits per heavy atom. The highest BCUT2D eigenvalue weighted by atomic mass is 16.2. The van der Waals surface area contributed by atoms with Crippen LogP contribution >= 0.6 is 0 Å². The van der Waals surface area contributed by atoms with Gasteiger partial charge in [0.25, 0.3) is 5.91 Å². The quantitative estimate of drug-likeness (QED) is 0.617. The number of urea groups is 1. The summed E-state index contributed by atoms with van der Waals surface area (Å²) in [7, 11) is 0. The number of hydrogen-bond acceptors (Lipinski definition) is 4. The minimum absolute atomic E-state index is 0.00755. The summed E-state index contributed by atoms with van der Waals surface area (Å²) in [6.45, 7) is 3.84. The van der Waals surface area contributed by atoms with Gasteiger partial charge in [-0.2, -0.15) is 0 Å². The molecule has 0 radical (unpaired) electrons. The number of carbonyl (C=O) groups excluding carboxylic acids is 3. The Hall–Kier alpha value is -3.71. The monoisotopic (exact) mass is 442 g/mol. The lowest BCUT2D eigenvalue weighted by molar-refractivity contribution is -0.125. The number of imide groups is 1. The first kappa shape index (κ1) is 21.2. The van der Waals surface area contributed by atoms with Gasteiger partial charge in [-0.15, -0.1) is 0 Å². The lowest BCUT2D eigenvalue weighted by atomic mass is 10.0. The van der Waals surface area contributed by atoms with Gasteiger partial charge in [0.15, 0.2) is 0 Å². The van der Waals surface area contributed by atoms with Gasteiger partial charge in [0.2, 0.25) is 5.91 Å². The second-order valence-corrected chi connectivity index (χ2v) is 8.50. The van der Waals surface area contributed by atoms with E-state index in [4.69, 9.17) is 0 Å². The van der Waals surface area contributed by atoms with Crippen molar-refractivity contribution in [1.29, 1.82) is 0 Å². The molecule has 2 aliphatic heterocycles. The van der Waals surface area contributed by atoms with E-state index in [2.05, 4.69) is 52.7 Å². The van der Waals surface area contributed by atoms with Crippen molar-refractivity contribution in [2.45, 2.75) is 13.1 Å². The van der Waals surface area contributed by atoms with Crippen molar-refractivity contribution < 1.29 is 14.4 Å². The van der Waals surface area contributed by atoms with E-state index >= 15 is 0 Å². The molecule has 2 aliphatic rings. The molecule has 0 atom stereocenters. The van der Waals surface area contributed by atoms with E-state index in [0.29, 0.717) is 24.2 Å². The highest BCUT2D eigenvalue weighted by Gasteiger charge is 2.30. The molecule has 2 heterocycles. The first-order chi connectivity index (χ1) is 16.1. The topological polar surface area (TPSA) is 73.0 Å². The van der Waals surface area contributed by atoms with Crippen LogP contribution in [0.1, 0.15) is 21.5 Å². The summed E-state index contributed by atoms with van der Waals surface area (Å²) in [6, 6.07) is 21.6. The predicted octanol–water partition coefficient (Wildman–Crippen LogP) is 2.85. The molecule has 0 aliphatic carbocycles. The van der Waals surface area contributed by atoms with E-state index in [9.17, 15) is 14.4 Å². The van der Waals surface area contributed by atoms with E-state index < -0.39 is 6.03 Å². The molecule has 0 saturated carbocycles. The third-order valence-corrected chi connectivity index (χ3v) is 6.45. The van der Waals surface area contributed by atoms with Gasteiger partial charge < -0.3 is 10.2 Å². The van der Waals surface area contributed by atoms with Crippen LogP contribution in [0.25, 0.3) is 10.8 Å². The molecule has 0 aromatic heterocycles. The standard InChI is InChI=1S/C26H26N4O3/c31-24-16-27-26(33)30(24)18-21-7-2-4-11-23(21)25(32)29-14-12-28(13-15-29)17-20-9-5-8-19-6-1-3-10-22(19)20/h1-11H,12-18H2,(H,27,33). The lowest BCUT2D eigenvalue weighted by Crippen LogP contribution is -2.48. The van der Waals surface area contributed by atoms with E-state index in [1.54, 1.807) is 6.07 Å². The fraction of sp³-hybridized carbons (Fsp3) is 0.269. The first-order valence-electron chi connectivity index (χ1n) is 11.2. The molecular weight excluding hydrogens is 416 g/mol. The Bertz CT molecular complexity index is 1200.